The number of ether oxygens (including phenoxy) is 1. The van der Waals surface area contributed by atoms with Crippen molar-refractivity contribution in [1.82, 2.24) is 0 Å². The Morgan fingerprint density at radius 2 is 2.40 bits per heavy atom. The average Bonchev–Trinajstić information content (AvgIpc) is 2.12. The summed E-state index contributed by atoms with van der Waals surface area (Å²) < 4.78 is 4.91. The van der Waals surface area contributed by atoms with E-state index in [9.17, 15) is 9.90 Å². The van der Waals surface area contributed by atoms with Crippen molar-refractivity contribution in [3.8, 4) is 0 Å². The van der Waals surface area contributed by atoms with Crippen LogP contribution < -0.4 is 0 Å². The molecule has 1 N–H and O–H groups in total. The Balaban J connectivity index is 2.09. The Bertz CT molecular complexity index is 168. The molecule has 3 nitrogen and oxygen atoms in total. The van der Waals surface area contributed by atoms with Gasteiger partial charge in [-0.2, -0.15) is 0 Å². The predicted octanol–water partition coefficient (Wildman–Crippen LogP) is 0.217. The lowest BCUT2D eigenvalue weighted by Crippen LogP contribution is -2.52. The van der Waals surface area contributed by atoms with Crippen molar-refractivity contribution < 1.29 is 14.6 Å². The number of aliphatic hydroxyl groups is 1. The third-order valence-electron chi connectivity index (χ3n) is 2.45. The second kappa shape index (κ2) is 1.72. The zero-order chi connectivity index (χ0) is 7.19. The van der Waals surface area contributed by atoms with Crippen LogP contribution in [0.3, 0.4) is 0 Å². The maximum absolute atomic E-state index is 10.5. The van der Waals surface area contributed by atoms with E-state index < -0.39 is 11.7 Å². The minimum Gasteiger partial charge on any atom is -0.456 e. The fourth-order valence-electron chi connectivity index (χ4n) is 1.81. The number of rotatable bonds is 0. The Kier molecular flexibility index (Phi) is 1.06. The molecule has 10 heavy (non-hydrogen) atoms. The second-order valence-corrected chi connectivity index (χ2v) is 3.12. The fourth-order valence-corrected chi connectivity index (χ4v) is 1.81. The highest BCUT2D eigenvalue weighted by molar-refractivity contribution is 5.77. The van der Waals surface area contributed by atoms with Gasteiger partial charge in [-0.15, -0.1) is 0 Å². The van der Waals surface area contributed by atoms with Crippen molar-refractivity contribution in [3.63, 3.8) is 0 Å². The summed E-state index contributed by atoms with van der Waals surface area (Å²) in [6.45, 7) is 0. The first-order valence-electron chi connectivity index (χ1n) is 3.63. The summed E-state index contributed by atoms with van der Waals surface area (Å²) in [7, 11) is 0. The van der Waals surface area contributed by atoms with Gasteiger partial charge in [0, 0.05) is 0 Å². The lowest BCUT2D eigenvalue weighted by Gasteiger charge is -2.39. The molecule has 0 aromatic carbocycles. The molecule has 1 aliphatic heterocycles. The number of hydrogen-bond acceptors (Lipinski definition) is 3. The molecule has 0 aromatic heterocycles. The fraction of sp³-hybridized carbons (Fsp3) is 0.857. The Hall–Kier alpha value is -0.570. The highest BCUT2D eigenvalue weighted by Crippen LogP contribution is 2.42. The number of carbonyl (C=O) groups is 1. The van der Waals surface area contributed by atoms with Crippen LogP contribution in [0.1, 0.15) is 25.7 Å². The number of hydrogen-bond donors (Lipinski definition) is 1. The summed E-state index contributed by atoms with van der Waals surface area (Å²) in [4.78, 5) is 10.5. The minimum atomic E-state index is -0.447. The van der Waals surface area contributed by atoms with Gasteiger partial charge >= 0.3 is 5.97 Å². The largest absolute Gasteiger partial charge is 0.456 e. The van der Waals surface area contributed by atoms with E-state index in [1.807, 2.05) is 0 Å². The van der Waals surface area contributed by atoms with Crippen LogP contribution in [0.25, 0.3) is 0 Å². The van der Waals surface area contributed by atoms with Crippen molar-refractivity contribution in [1.29, 1.82) is 0 Å². The molecule has 1 spiro atoms. The van der Waals surface area contributed by atoms with E-state index in [4.69, 9.17) is 4.74 Å². The standard InChI is InChI=1S/C7H10O3/c8-5-2-1-3-7(5)4-6(9)10-7/h5,8H,1-4H2. The molecule has 0 amide bonds. The molecule has 1 saturated carbocycles. The molecule has 3 heteroatoms. The summed E-state index contributed by atoms with van der Waals surface area (Å²) in [5.74, 6) is -0.166. The van der Waals surface area contributed by atoms with E-state index in [-0.39, 0.29) is 5.97 Å². The van der Waals surface area contributed by atoms with Gasteiger partial charge < -0.3 is 9.84 Å². The molecule has 0 radical (unpaired) electrons. The van der Waals surface area contributed by atoms with Gasteiger partial charge in [-0.1, -0.05) is 0 Å². The first kappa shape index (κ1) is 6.16. The molecule has 1 heterocycles. The topological polar surface area (TPSA) is 46.5 Å². The zero-order valence-corrected chi connectivity index (χ0v) is 5.67. The van der Waals surface area contributed by atoms with E-state index in [0.29, 0.717) is 6.42 Å². The van der Waals surface area contributed by atoms with Crippen molar-refractivity contribution in [3.05, 3.63) is 0 Å². The number of carbonyl (C=O) groups excluding carboxylic acids is 1. The zero-order valence-electron chi connectivity index (χ0n) is 5.67. The molecule has 56 valence electrons. The summed E-state index contributed by atoms with van der Waals surface area (Å²) in [6, 6.07) is 0. The van der Waals surface area contributed by atoms with Crippen LogP contribution in [0.2, 0.25) is 0 Å². The third kappa shape index (κ3) is 0.611. The van der Waals surface area contributed by atoms with Gasteiger partial charge in [0.05, 0.1) is 12.5 Å². The van der Waals surface area contributed by atoms with Crippen molar-refractivity contribution >= 4 is 5.97 Å². The molecule has 2 unspecified atom stereocenters. The van der Waals surface area contributed by atoms with E-state index in [1.165, 1.54) is 0 Å². The third-order valence-corrected chi connectivity index (χ3v) is 2.45. The Labute approximate surface area is 59.0 Å². The highest BCUT2D eigenvalue weighted by atomic mass is 16.6. The number of esters is 1. The van der Waals surface area contributed by atoms with Crippen LogP contribution in [0.4, 0.5) is 0 Å². The molecule has 1 saturated heterocycles. The Morgan fingerprint density at radius 1 is 1.70 bits per heavy atom. The summed E-state index contributed by atoms with van der Waals surface area (Å²) in [6.07, 6.45) is 2.64. The molecule has 2 atom stereocenters. The summed E-state index contributed by atoms with van der Waals surface area (Å²) in [5.41, 5.74) is -0.447. The van der Waals surface area contributed by atoms with E-state index in [1.54, 1.807) is 0 Å². The predicted molar refractivity (Wildman–Crippen MR) is 33.3 cm³/mol. The molecule has 0 aromatic rings. The smallest absolute Gasteiger partial charge is 0.310 e. The van der Waals surface area contributed by atoms with Crippen LogP contribution in [0.5, 0.6) is 0 Å². The monoisotopic (exact) mass is 142 g/mol. The molecule has 2 aliphatic rings. The average molecular weight is 142 g/mol. The van der Waals surface area contributed by atoms with Gasteiger partial charge in [0.1, 0.15) is 5.60 Å². The van der Waals surface area contributed by atoms with Crippen LogP contribution in [0.15, 0.2) is 0 Å². The molecule has 2 fully saturated rings. The SMILES string of the molecule is O=C1CC2(CCCC2O)O1. The maximum Gasteiger partial charge on any atom is 0.310 e. The van der Waals surface area contributed by atoms with Crippen molar-refractivity contribution in [2.45, 2.75) is 37.4 Å². The van der Waals surface area contributed by atoms with E-state index in [2.05, 4.69) is 0 Å². The molecular formula is C7H10O3. The first-order chi connectivity index (χ1) is 4.73. The normalized spacial score (nSPS) is 45.3. The van der Waals surface area contributed by atoms with E-state index >= 15 is 0 Å². The Morgan fingerprint density at radius 3 is 2.80 bits per heavy atom. The lowest BCUT2D eigenvalue weighted by molar-refractivity contribution is -0.206. The molecule has 1 aliphatic carbocycles. The van der Waals surface area contributed by atoms with Crippen molar-refractivity contribution in [2.75, 3.05) is 0 Å². The van der Waals surface area contributed by atoms with E-state index in [0.717, 1.165) is 19.3 Å². The van der Waals surface area contributed by atoms with Gasteiger partial charge in [0.25, 0.3) is 0 Å². The van der Waals surface area contributed by atoms with Gasteiger partial charge in [0.15, 0.2) is 0 Å². The lowest BCUT2D eigenvalue weighted by atomic mass is 9.90. The second-order valence-electron chi connectivity index (χ2n) is 3.12. The quantitative estimate of drug-likeness (QED) is 0.492. The minimum absolute atomic E-state index is 0.166. The van der Waals surface area contributed by atoms with Crippen LogP contribution in [0, 0.1) is 0 Å². The number of aliphatic hydroxyl groups excluding tert-OH is 1. The van der Waals surface area contributed by atoms with Crippen LogP contribution in [-0.2, 0) is 9.53 Å². The van der Waals surface area contributed by atoms with Crippen LogP contribution in [-0.4, -0.2) is 22.8 Å². The van der Waals surface area contributed by atoms with Gasteiger partial charge in [-0.25, -0.2) is 0 Å². The summed E-state index contributed by atoms with van der Waals surface area (Å²) in [5, 5.41) is 9.34. The van der Waals surface area contributed by atoms with Crippen molar-refractivity contribution in [2.24, 2.45) is 0 Å². The van der Waals surface area contributed by atoms with Gasteiger partial charge in [0.2, 0.25) is 0 Å². The van der Waals surface area contributed by atoms with Crippen LogP contribution >= 0.6 is 0 Å². The van der Waals surface area contributed by atoms with Gasteiger partial charge in [-0.05, 0) is 19.3 Å². The first-order valence-corrected chi connectivity index (χ1v) is 3.63. The molecular weight excluding hydrogens is 132 g/mol. The maximum atomic E-state index is 10.5. The van der Waals surface area contributed by atoms with Gasteiger partial charge in [-0.3, -0.25) is 4.79 Å². The molecule has 0 bridgehead atoms. The summed E-state index contributed by atoms with van der Waals surface area (Å²) >= 11 is 0. The molecule has 2 rings (SSSR count). The highest BCUT2D eigenvalue weighted by Gasteiger charge is 2.54.